The molecule has 0 aromatic carbocycles. The van der Waals surface area contributed by atoms with Crippen LogP contribution in [-0.4, -0.2) is 14.5 Å². The molecule has 0 aliphatic carbocycles. The summed E-state index contributed by atoms with van der Waals surface area (Å²) in [5.41, 5.74) is 4.08. The molecule has 0 saturated carbocycles. The first-order chi connectivity index (χ1) is 8.61. The van der Waals surface area contributed by atoms with Crippen LogP contribution in [0.25, 0.3) is 0 Å². The van der Waals surface area contributed by atoms with E-state index in [9.17, 15) is 4.79 Å². The van der Waals surface area contributed by atoms with Crippen LogP contribution >= 0.6 is 22.6 Å². The molecule has 0 bridgehead atoms. The highest BCUT2D eigenvalue weighted by molar-refractivity contribution is 14.1. The standard InChI is InChI=1S/C11H12IN5O/c1-7-10(12)11(18)17(6-15-7)5-8-2-3-9(16-13)14-4-8/h2-4,6H,5,13H2,1H3,(H,14,16). The Labute approximate surface area is 117 Å². The SMILES string of the molecule is Cc1ncn(Cc2ccc(NN)nc2)c(=O)c1I. The number of anilines is 1. The fraction of sp³-hybridized carbons (Fsp3) is 0.182. The summed E-state index contributed by atoms with van der Waals surface area (Å²) in [7, 11) is 0. The first-order valence-electron chi connectivity index (χ1n) is 5.25. The first kappa shape index (κ1) is 13.0. The number of nitrogens with two attached hydrogens (primary N) is 1. The molecular formula is C11H12IN5O. The fourth-order valence-electron chi connectivity index (χ4n) is 1.46. The molecule has 0 saturated heterocycles. The van der Waals surface area contributed by atoms with Crippen molar-refractivity contribution in [1.82, 2.24) is 14.5 Å². The quantitative estimate of drug-likeness (QED) is 0.484. The van der Waals surface area contributed by atoms with Crippen molar-refractivity contribution in [3.05, 3.63) is 49.8 Å². The third-order valence-corrected chi connectivity index (χ3v) is 3.72. The van der Waals surface area contributed by atoms with E-state index in [2.05, 4.69) is 15.4 Å². The van der Waals surface area contributed by atoms with Gasteiger partial charge in [0.15, 0.2) is 0 Å². The lowest BCUT2D eigenvalue weighted by Crippen LogP contribution is -2.24. The van der Waals surface area contributed by atoms with E-state index in [1.165, 1.54) is 0 Å². The second-order valence-electron chi connectivity index (χ2n) is 3.77. The summed E-state index contributed by atoms with van der Waals surface area (Å²) < 4.78 is 2.20. The van der Waals surface area contributed by atoms with E-state index in [1.54, 1.807) is 23.2 Å². The van der Waals surface area contributed by atoms with Gasteiger partial charge in [-0.15, -0.1) is 0 Å². The minimum absolute atomic E-state index is 0.0378. The van der Waals surface area contributed by atoms with Crippen LogP contribution in [0.5, 0.6) is 0 Å². The van der Waals surface area contributed by atoms with Crippen molar-refractivity contribution in [2.24, 2.45) is 5.84 Å². The van der Waals surface area contributed by atoms with Crippen molar-refractivity contribution in [3.8, 4) is 0 Å². The number of nitrogen functional groups attached to an aromatic ring is 1. The molecule has 0 amide bonds. The number of hydrazine groups is 1. The first-order valence-corrected chi connectivity index (χ1v) is 6.33. The zero-order chi connectivity index (χ0) is 13.1. The topological polar surface area (TPSA) is 85.8 Å². The lowest BCUT2D eigenvalue weighted by molar-refractivity contribution is 0.721. The van der Waals surface area contributed by atoms with Gasteiger partial charge in [0, 0.05) is 6.20 Å². The molecule has 3 N–H and O–H groups in total. The molecule has 2 heterocycles. The molecule has 0 aliphatic heterocycles. The number of nitrogens with one attached hydrogen (secondary N) is 1. The predicted molar refractivity (Wildman–Crippen MR) is 77.1 cm³/mol. The molecule has 2 aromatic heterocycles. The molecule has 6 nitrogen and oxygen atoms in total. The van der Waals surface area contributed by atoms with E-state index in [0.717, 1.165) is 11.3 Å². The van der Waals surface area contributed by atoms with E-state index in [-0.39, 0.29) is 5.56 Å². The average Bonchev–Trinajstić information content (AvgIpc) is 2.40. The monoisotopic (exact) mass is 357 g/mol. The van der Waals surface area contributed by atoms with Gasteiger partial charge in [-0.25, -0.2) is 15.8 Å². The third kappa shape index (κ3) is 2.67. The Balaban J connectivity index is 2.28. The Morgan fingerprint density at radius 2 is 2.22 bits per heavy atom. The van der Waals surface area contributed by atoms with Gasteiger partial charge in [0.2, 0.25) is 0 Å². The normalized spacial score (nSPS) is 10.4. The van der Waals surface area contributed by atoms with E-state index in [0.29, 0.717) is 15.9 Å². The summed E-state index contributed by atoms with van der Waals surface area (Å²) in [6.45, 7) is 2.26. The van der Waals surface area contributed by atoms with Crippen LogP contribution < -0.4 is 16.8 Å². The number of aryl methyl sites for hydroxylation is 1. The molecule has 94 valence electrons. The van der Waals surface area contributed by atoms with Crippen molar-refractivity contribution in [3.63, 3.8) is 0 Å². The maximum Gasteiger partial charge on any atom is 0.267 e. The molecule has 0 spiro atoms. The van der Waals surface area contributed by atoms with Gasteiger partial charge in [0.1, 0.15) is 5.82 Å². The Hall–Kier alpha value is -1.48. The fourth-order valence-corrected chi connectivity index (χ4v) is 1.91. The Morgan fingerprint density at radius 1 is 1.44 bits per heavy atom. The van der Waals surface area contributed by atoms with E-state index in [1.807, 2.05) is 35.6 Å². The smallest absolute Gasteiger partial charge is 0.267 e. The Bertz CT molecular complexity index is 608. The van der Waals surface area contributed by atoms with E-state index >= 15 is 0 Å². The van der Waals surface area contributed by atoms with E-state index in [4.69, 9.17) is 5.84 Å². The summed E-state index contributed by atoms with van der Waals surface area (Å²) in [6.07, 6.45) is 3.23. The summed E-state index contributed by atoms with van der Waals surface area (Å²) in [5.74, 6) is 5.82. The molecule has 0 fully saturated rings. The van der Waals surface area contributed by atoms with Gasteiger partial charge in [-0.1, -0.05) is 6.07 Å². The van der Waals surface area contributed by atoms with E-state index < -0.39 is 0 Å². The highest BCUT2D eigenvalue weighted by atomic mass is 127. The van der Waals surface area contributed by atoms with Gasteiger partial charge in [0.25, 0.3) is 5.56 Å². The number of hydrogen-bond donors (Lipinski definition) is 2. The highest BCUT2D eigenvalue weighted by Crippen LogP contribution is 2.06. The maximum absolute atomic E-state index is 12.0. The molecule has 0 radical (unpaired) electrons. The summed E-state index contributed by atoms with van der Waals surface area (Å²) in [6, 6.07) is 3.62. The minimum atomic E-state index is -0.0378. The van der Waals surface area contributed by atoms with Crippen LogP contribution in [0.3, 0.4) is 0 Å². The molecule has 2 aromatic rings. The van der Waals surface area contributed by atoms with Gasteiger partial charge in [-0.05, 0) is 41.1 Å². The molecule has 0 unspecified atom stereocenters. The zero-order valence-electron chi connectivity index (χ0n) is 9.72. The van der Waals surface area contributed by atoms with Crippen molar-refractivity contribution < 1.29 is 0 Å². The molecule has 0 aliphatic rings. The number of nitrogens with zero attached hydrogens (tertiary/aromatic N) is 3. The van der Waals surface area contributed by atoms with Crippen LogP contribution in [0, 0.1) is 10.5 Å². The van der Waals surface area contributed by atoms with Gasteiger partial charge in [-0.2, -0.15) is 0 Å². The highest BCUT2D eigenvalue weighted by Gasteiger charge is 2.05. The number of pyridine rings is 1. The summed E-state index contributed by atoms with van der Waals surface area (Å²) >= 11 is 2.01. The molecule has 2 rings (SSSR count). The summed E-state index contributed by atoms with van der Waals surface area (Å²) in [4.78, 5) is 20.2. The van der Waals surface area contributed by atoms with Crippen LogP contribution in [0.1, 0.15) is 11.3 Å². The zero-order valence-corrected chi connectivity index (χ0v) is 11.9. The van der Waals surface area contributed by atoms with Gasteiger partial charge in [0.05, 0.1) is 22.1 Å². The molecule has 7 heteroatoms. The van der Waals surface area contributed by atoms with Crippen LogP contribution in [0.2, 0.25) is 0 Å². The molecule has 0 atom stereocenters. The van der Waals surface area contributed by atoms with Crippen LogP contribution in [0.15, 0.2) is 29.5 Å². The lowest BCUT2D eigenvalue weighted by atomic mass is 10.3. The number of halogens is 1. The number of rotatable bonds is 3. The number of hydrogen-bond acceptors (Lipinski definition) is 5. The van der Waals surface area contributed by atoms with Crippen molar-refractivity contribution >= 4 is 28.4 Å². The summed E-state index contributed by atoms with van der Waals surface area (Å²) in [5, 5.41) is 0. The van der Waals surface area contributed by atoms with Gasteiger partial charge >= 0.3 is 0 Å². The van der Waals surface area contributed by atoms with Crippen molar-refractivity contribution in [2.75, 3.05) is 5.43 Å². The minimum Gasteiger partial charge on any atom is -0.308 e. The molecule has 18 heavy (non-hydrogen) atoms. The van der Waals surface area contributed by atoms with Crippen LogP contribution in [0.4, 0.5) is 5.82 Å². The van der Waals surface area contributed by atoms with Crippen molar-refractivity contribution in [2.45, 2.75) is 13.5 Å². The predicted octanol–water partition coefficient (Wildman–Crippen LogP) is 0.885. The van der Waals surface area contributed by atoms with Gasteiger partial charge < -0.3 is 5.43 Å². The van der Waals surface area contributed by atoms with Crippen molar-refractivity contribution in [1.29, 1.82) is 0 Å². The lowest BCUT2D eigenvalue weighted by Gasteiger charge is -2.07. The largest absolute Gasteiger partial charge is 0.308 e. The number of aromatic nitrogens is 3. The van der Waals surface area contributed by atoms with Gasteiger partial charge in [-0.3, -0.25) is 9.36 Å². The second kappa shape index (κ2) is 5.44. The maximum atomic E-state index is 12.0. The average molecular weight is 357 g/mol. The van der Waals surface area contributed by atoms with Crippen LogP contribution in [-0.2, 0) is 6.54 Å². The Kier molecular flexibility index (Phi) is 3.92. The Morgan fingerprint density at radius 3 is 2.83 bits per heavy atom. The third-order valence-electron chi connectivity index (χ3n) is 2.48. The molecular weight excluding hydrogens is 345 g/mol. The second-order valence-corrected chi connectivity index (χ2v) is 4.85.